The van der Waals surface area contributed by atoms with Crippen LogP contribution in [0.1, 0.15) is 20.3 Å². The predicted octanol–water partition coefficient (Wildman–Crippen LogP) is 0.169. The molecule has 1 heterocycles. The zero-order chi connectivity index (χ0) is 11.4. The Morgan fingerprint density at radius 1 is 1.67 bits per heavy atom. The highest BCUT2D eigenvalue weighted by atomic mass is 32.2. The van der Waals surface area contributed by atoms with Crippen LogP contribution in [-0.2, 0) is 15.6 Å². The van der Waals surface area contributed by atoms with E-state index in [4.69, 9.17) is 0 Å². The first kappa shape index (κ1) is 12.6. The van der Waals surface area contributed by atoms with E-state index in [0.717, 1.165) is 6.42 Å². The third-order valence-corrected chi connectivity index (χ3v) is 3.70. The van der Waals surface area contributed by atoms with Gasteiger partial charge in [0.25, 0.3) is 0 Å². The summed E-state index contributed by atoms with van der Waals surface area (Å²) in [5, 5.41) is 3.21. The number of amides is 1. The lowest BCUT2D eigenvalue weighted by atomic mass is 9.99. The molecule has 0 saturated carbocycles. The van der Waals surface area contributed by atoms with E-state index < -0.39 is 10.8 Å². The molecule has 1 fully saturated rings. The van der Waals surface area contributed by atoms with Crippen LogP contribution in [0.3, 0.4) is 0 Å². The summed E-state index contributed by atoms with van der Waals surface area (Å²) in [7, 11) is -0.822. The summed E-state index contributed by atoms with van der Waals surface area (Å²) in [5.74, 6) is 1.10. The Balaban J connectivity index is 2.45. The molecule has 0 aromatic heterocycles. The Morgan fingerprint density at radius 2 is 2.33 bits per heavy atom. The number of nitrogens with one attached hydrogen (secondary N) is 1. The number of rotatable bonds is 5. The van der Waals surface area contributed by atoms with Crippen LogP contribution in [-0.4, -0.2) is 46.3 Å². The second kappa shape index (κ2) is 5.61. The number of nitrogens with zero attached hydrogens (tertiary/aromatic N) is 1. The topological polar surface area (TPSA) is 49.4 Å². The maximum Gasteiger partial charge on any atom is 0.241 e. The minimum atomic E-state index is -0.822. The van der Waals surface area contributed by atoms with Crippen LogP contribution in [0.2, 0.25) is 0 Å². The van der Waals surface area contributed by atoms with Gasteiger partial charge in [-0.3, -0.25) is 14.3 Å². The van der Waals surface area contributed by atoms with E-state index in [0.29, 0.717) is 24.9 Å². The molecule has 3 unspecified atom stereocenters. The zero-order valence-electron chi connectivity index (χ0n) is 9.66. The smallest absolute Gasteiger partial charge is 0.241 e. The van der Waals surface area contributed by atoms with Crippen LogP contribution in [0.5, 0.6) is 0 Å². The largest absolute Gasteiger partial charge is 0.328 e. The quantitative estimate of drug-likeness (QED) is 0.735. The summed E-state index contributed by atoms with van der Waals surface area (Å²) in [6.07, 6.45) is 2.66. The van der Waals surface area contributed by atoms with Crippen molar-refractivity contribution in [3.63, 3.8) is 0 Å². The SMILES string of the molecule is CCC(C)C1NCN(CCS(C)=O)C1=O. The van der Waals surface area contributed by atoms with Gasteiger partial charge in [0.15, 0.2) is 0 Å². The summed E-state index contributed by atoms with van der Waals surface area (Å²) in [5.41, 5.74) is 0. The molecule has 0 spiro atoms. The van der Waals surface area contributed by atoms with Gasteiger partial charge >= 0.3 is 0 Å². The van der Waals surface area contributed by atoms with Gasteiger partial charge in [0.05, 0.1) is 12.7 Å². The van der Waals surface area contributed by atoms with E-state index in [-0.39, 0.29) is 11.9 Å². The van der Waals surface area contributed by atoms with Gasteiger partial charge in [-0.15, -0.1) is 0 Å². The molecular formula is C10H20N2O2S. The lowest BCUT2D eigenvalue weighted by Gasteiger charge is -2.17. The number of carbonyl (C=O) groups excluding carboxylic acids is 1. The average molecular weight is 232 g/mol. The van der Waals surface area contributed by atoms with Crippen LogP contribution in [0.4, 0.5) is 0 Å². The third kappa shape index (κ3) is 3.28. The van der Waals surface area contributed by atoms with Gasteiger partial charge in [0, 0.05) is 29.4 Å². The summed E-state index contributed by atoms with van der Waals surface area (Å²) in [6, 6.07) is -0.0414. The minimum Gasteiger partial charge on any atom is -0.328 e. The van der Waals surface area contributed by atoms with E-state index in [1.165, 1.54) is 0 Å². The molecular weight excluding hydrogens is 212 g/mol. The molecule has 4 nitrogen and oxygen atoms in total. The van der Waals surface area contributed by atoms with Crippen molar-refractivity contribution in [3.05, 3.63) is 0 Å². The molecule has 1 rings (SSSR count). The maximum absolute atomic E-state index is 11.9. The molecule has 0 radical (unpaired) electrons. The van der Waals surface area contributed by atoms with E-state index in [1.54, 1.807) is 11.2 Å². The second-order valence-corrected chi connectivity index (χ2v) is 5.66. The highest BCUT2D eigenvalue weighted by molar-refractivity contribution is 7.84. The van der Waals surface area contributed by atoms with Crippen molar-refractivity contribution in [2.24, 2.45) is 5.92 Å². The first-order chi connectivity index (χ1) is 7.06. The lowest BCUT2D eigenvalue weighted by Crippen LogP contribution is -2.36. The first-order valence-corrected chi connectivity index (χ1v) is 7.11. The highest BCUT2D eigenvalue weighted by Crippen LogP contribution is 2.14. The van der Waals surface area contributed by atoms with Crippen LogP contribution in [0, 0.1) is 5.92 Å². The van der Waals surface area contributed by atoms with Crippen LogP contribution in [0.25, 0.3) is 0 Å². The van der Waals surface area contributed by atoms with Crippen molar-refractivity contribution >= 4 is 16.7 Å². The Hall–Kier alpha value is -0.420. The minimum absolute atomic E-state index is 0.0414. The highest BCUT2D eigenvalue weighted by Gasteiger charge is 2.33. The third-order valence-electron chi connectivity index (χ3n) is 2.94. The van der Waals surface area contributed by atoms with Crippen molar-refractivity contribution in [1.29, 1.82) is 0 Å². The molecule has 1 aliphatic heterocycles. The molecule has 1 amide bonds. The summed E-state index contributed by atoms with van der Waals surface area (Å²) in [4.78, 5) is 13.6. The molecule has 0 aromatic rings. The zero-order valence-corrected chi connectivity index (χ0v) is 10.5. The van der Waals surface area contributed by atoms with Gasteiger partial charge in [0.1, 0.15) is 0 Å². The van der Waals surface area contributed by atoms with Gasteiger partial charge in [-0.1, -0.05) is 20.3 Å². The molecule has 5 heteroatoms. The summed E-state index contributed by atoms with van der Waals surface area (Å²) in [6.45, 7) is 5.37. The molecule has 0 bridgehead atoms. The fourth-order valence-corrected chi connectivity index (χ4v) is 2.16. The molecule has 1 saturated heterocycles. The van der Waals surface area contributed by atoms with E-state index in [9.17, 15) is 9.00 Å². The molecule has 88 valence electrons. The molecule has 3 atom stereocenters. The number of hydrogen-bond donors (Lipinski definition) is 1. The Bertz CT molecular complexity index is 258. The standard InChI is InChI=1S/C10H20N2O2S/c1-4-8(2)9-10(13)12(7-11-9)5-6-15(3)14/h8-9,11H,4-7H2,1-3H3. The lowest BCUT2D eigenvalue weighted by molar-refractivity contribution is -0.129. The Labute approximate surface area is 93.9 Å². The van der Waals surface area contributed by atoms with Crippen molar-refractivity contribution in [3.8, 4) is 0 Å². The Morgan fingerprint density at radius 3 is 2.87 bits per heavy atom. The van der Waals surface area contributed by atoms with Crippen molar-refractivity contribution < 1.29 is 9.00 Å². The monoisotopic (exact) mass is 232 g/mol. The fraction of sp³-hybridized carbons (Fsp3) is 0.900. The van der Waals surface area contributed by atoms with Crippen molar-refractivity contribution in [2.75, 3.05) is 25.2 Å². The van der Waals surface area contributed by atoms with Gasteiger partial charge in [-0.05, 0) is 5.92 Å². The van der Waals surface area contributed by atoms with Crippen molar-refractivity contribution in [1.82, 2.24) is 10.2 Å². The average Bonchev–Trinajstić information content (AvgIpc) is 2.56. The molecule has 0 aromatic carbocycles. The van der Waals surface area contributed by atoms with Gasteiger partial charge in [0.2, 0.25) is 5.91 Å². The fourth-order valence-electron chi connectivity index (χ4n) is 1.68. The van der Waals surface area contributed by atoms with Crippen LogP contribution in [0.15, 0.2) is 0 Å². The molecule has 1 N–H and O–H groups in total. The van der Waals surface area contributed by atoms with Gasteiger partial charge < -0.3 is 4.90 Å². The Kier molecular flexibility index (Phi) is 4.73. The number of hydrogen-bond acceptors (Lipinski definition) is 3. The number of carbonyl (C=O) groups is 1. The summed E-state index contributed by atoms with van der Waals surface area (Å²) >= 11 is 0. The predicted molar refractivity (Wildman–Crippen MR) is 61.9 cm³/mol. The van der Waals surface area contributed by atoms with Gasteiger partial charge in [-0.2, -0.15) is 0 Å². The van der Waals surface area contributed by atoms with E-state index >= 15 is 0 Å². The molecule has 1 aliphatic rings. The van der Waals surface area contributed by atoms with E-state index in [1.807, 2.05) is 0 Å². The van der Waals surface area contributed by atoms with Gasteiger partial charge in [-0.25, -0.2) is 0 Å². The molecule has 0 aliphatic carbocycles. The second-order valence-electron chi connectivity index (χ2n) is 4.10. The molecule has 15 heavy (non-hydrogen) atoms. The normalized spacial score (nSPS) is 25.7. The maximum atomic E-state index is 11.9. The van der Waals surface area contributed by atoms with Crippen LogP contribution >= 0.6 is 0 Å². The van der Waals surface area contributed by atoms with Crippen LogP contribution < -0.4 is 5.32 Å². The van der Waals surface area contributed by atoms with E-state index in [2.05, 4.69) is 19.2 Å². The summed E-state index contributed by atoms with van der Waals surface area (Å²) < 4.78 is 10.9. The van der Waals surface area contributed by atoms with Crippen molar-refractivity contribution in [2.45, 2.75) is 26.3 Å². The first-order valence-electron chi connectivity index (χ1n) is 5.38.